The molecule has 2 aliphatic rings. The molecule has 7 atom stereocenters. The van der Waals surface area contributed by atoms with Crippen molar-refractivity contribution < 1.29 is 85.6 Å². The Morgan fingerprint density at radius 1 is 0.712 bits per heavy atom. The van der Waals surface area contributed by atoms with Crippen LogP contribution < -0.4 is 0 Å². The first-order valence-corrected chi connectivity index (χ1v) is 15.4. The molecule has 292 valence electrons. The molecule has 1 saturated heterocycles. The number of hydrogen-bond donors (Lipinski definition) is 0. The van der Waals surface area contributed by atoms with Crippen molar-refractivity contribution in [2.24, 2.45) is 29.6 Å². The van der Waals surface area contributed by atoms with Crippen LogP contribution in [-0.2, 0) is 28.5 Å². The molecule has 0 amide bonds. The molecular weight excluding hydrogens is 739 g/mol. The largest absolute Gasteiger partial charge is 0.502 e. The third kappa shape index (κ3) is 7.78. The second-order valence-corrected chi connectivity index (χ2v) is 12.0. The van der Waals surface area contributed by atoms with Crippen LogP contribution in [0.1, 0.15) is 25.3 Å². The second-order valence-electron chi connectivity index (χ2n) is 12.0. The van der Waals surface area contributed by atoms with Gasteiger partial charge in [-0.3, -0.25) is 9.59 Å². The number of carbonyl (C=O) groups excluding carboxylic acids is 2. The van der Waals surface area contributed by atoms with Gasteiger partial charge in [-0.05, 0) is 43.2 Å². The van der Waals surface area contributed by atoms with Gasteiger partial charge < -0.3 is 18.9 Å². The van der Waals surface area contributed by atoms with E-state index in [1.807, 2.05) is 0 Å². The van der Waals surface area contributed by atoms with E-state index in [-0.39, 0.29) is 6.61 Å². The minimum atomic E-state index is -8.02. The summed E-state index contributed by atoms with van der Waals surface area (Å²) < 4.78 is 202. The standard InChI is InChI=1S/C33H33F13O6/c1-4-51-15-14-20-16-19(17-21(20)28(34,35)29(36,37)30(38,39)31(40,41)32(42,43)33(44,45)46)11-13-23-25(27(48)50-3)24(26(47)49-2)22(52-23)12-10-18-8-6-5-7-9-18/h5-15,19-25H,4,16-17H2,1-3H3/b12-10-,13-11+,15-14-. The Balaban J connectivity index is 2.00. The molecule has 1 heterocycles. The highest BCUT2D eigenvalue weighted by molar-refractivity contribution is 5.84. The number of allylic oxidation sites excluding steroid dienone is 2. The lowest BCUT2D eigenvalue weighted by atomic mass is 9.82. The summed E-state index contributed by atoms with van der Waals surface area (Å²) in [6, 6.07) is 8.51. The van der Waals surface area contributed by atoms with Crippen molar-refractivity contribution in [1.82, 2.24) is 0 Å². The zero-order valence-electron chi connectivity index (χ0n) is 27.4. The fourth-order valence-corrected chi connectivity index (χ4v) is 6.12. The Labute approximate surface area is 288 Å². The van der Waals surface area contributed by atoms with Crippen LogP contribution in [0.5, 0.6) is 0 Å². The van der Waals surface area contributed by atoms with Crippen molar-refractivity contribution in [2.45, 2.75) is 67.8 Å². The molecule has 0 spiro atoms. The Morgan fingerprint density at radius 3 is 1.73 bits per heavy atom. The second kappa shape index (κ2) is 15.7. The van der Waals surface area contributed by atoms with Gasteiger partial charge >= 0.3 is 47.7 Å². The molecule has 1 aromatic rings. The first-order chi connectivity index (χ1) is 23.9. The molecule has 2 fully saturated rings. The van der Waals surface area contributed by atoms with Gasteiger partial charge in [0.05, 0.1) is 39.3 Å². The highest BCUT2D eigenvalue weighted by atomic mass is 19.4. The molecule has 1 aliphatic carbocycles. The fourth-order valence-electron chi connectivity index (χ4n) is 6.12. The summed E-state index contributed by atoms with van der Waals surface area (Å²) in [5.41, 5.74) is 0.648. The SMILES string of the molecule is CCO/C=C\C1CC(/C=C/C2OC(/C=C\c3ccccc3)C(C(=O)OC)C2C(=O)OC)CC1C(F)(F)C(F)(F)C(F)(F)C(F)(F)C(F)(F)C(F)(F)F. The molecule has 7 unspecified atom stereocenters. The highest BCUT2D eigenvalue weighted by Gasteiger charge is 2.91. The number of benzene rings is 1. The third-order valence-corrected chi connectivity index (χ3v) is 8.87. The fraction of sp³-hybridized carbons (Fsp3) is 0.576. The molecule has 1 aromatic carbocycles. The number of hydrogen-bond acceptors (Lipinski definition) is 6. The van der Waals surface area contributed by atoms with Gasteiger partial charge in [-0.25, -0.2) is 0 Å². The van der Waals surface area contributed by atoms with Crippen molar-refractivity contribution in [3.05, 3.63) is 66.5 Å². The number of carbonyl (C=O) groups is 2. The minimum Gasteiger partial charge on any atom is -0.502 e. The van der Waals surface area contributed by atoms with E-state index in [2.05, 4.69) is 0 Å². The summed E-state index contributed by atoms with van der Waals surface area (Å²) in [4.78, 5) is 25.6. The normalized spacial score (nSPS) is 26.8. The van der Waals surface area contributed by atoms with Crippen LogP contribution in [0.4, 0.5) is 57.1 Å². The number of esters is 2. The van der Waals surface area contributed by atoms with Crippen LogP contribution >= 0.6 is 0 Å². The maximum Gasteiger partial charge on any atom is 0.460 e. The average molecular weight is 773 g/mol. The van der Waals surface area contributed by atoms with Crippen LogP contribution in [0.25, 0.3) is 6.08 Å². The summed E-state index contributed by atoms with van der Waals surface area (Å²) >= 11 is 0. The Kier molecular flexibility index (Phi) is 12.9. The molecule has 1 saturated carbocycles. The molecule has 19 heteroatoms. The topological polar surface area (TPSA) is 71.1 Å². The number of alkyl halides is 13. The summed E-state index contributed by atoms with van der Waals surface area (Å²) in [6.45, 7) is 1.28. The highest BCUT2D eigenvalue weighted by Crippen LogP contribution is 2.63. The Hall–Kier alpha value is -3.77. The smallest absolute Gasteiger partial charge is 0.460 e. The maximum absolute atomic E-state index is 15.4. The molecule has 0 bridgehead atoms. The Bertz CT molecular complexity index is 1480. The van der Waals surface area contributed by atoms with Gasteiger partial charge in [0.2, 0.25) is 0 Å². The summed E-state index contributed by atoms with van der Waals surface area (Å²) in [7, 11) is 2.00. The molecule has 6 nitrogen and oxygen atoms in total. The van der Waals surface area contributed by atoms with Crippen LogP contribution in [0.3, 0.4) is 0 Å². The van der Waals surface area contributed by atoms with Crippen molar-refractivity contribution >= 4 is 18.0 Å². The summed E-state index contributed by atoms with van der Waals surface area (Å²) in [6.07, 6.45) is -5.43. The van der Waals surface area contributed by atoms with E-state index in [1.165, 1.54) is 13.0 Å². The van der Waals surface area contributed by atoms with Gasteiger partial charge in [-0.2, -0.15) is 57.1 Å². The number of methoxy groups -OCH3 is 2. The van der Waals surface area contributed by atoms with Gasteiger partial charge in [0.15, 0.2) is 0 Å². The number of rotatable bonds is 14. The monoisotopic (exact) mass is 772 g/mol. The molecule has 0 aromatic heterocycles. The van der Waals surface area contributed by atoms with Gasteiger partial charge in [0, 0.05) is 5.92 Å². The van der Waals surface area contributed by atoms with E-state index in [4.69, 9.17) is 18.9 Å². The minimum absolute atomic E-state index is 0.115. The molecule has 0 radical (unpaired) electrons. The first kappa shape index (κ1) is 42.6. The molecular formula is C33H33F13O6. The predicted molar refractivity (Wildman–Crippen MR) is 156 cm³/mol. The lowest BCUT2D eigenvalue weighted by molar-refractivity contribution is -0.443. The lowest BCUT2D eigenvalue weighted by Gasteiger charge is -2.42. The van der Waals surface area contributed by atoms with Gasteiger partial charge in [0.25, 0.3) is 0 Å². The van der Waals surface area contributed by atoms with Gasteiger partial charge in [0.1, 0.15) is 11.8 Å². The lowest BCUT2D eigenvalue weighted by Crippen LogP contribution is -2.71. The van der Waals surface area contributed by atoms with Crippen molar-refractivity contribution in [2.75, 3.05) is 20.8 Å². The number of halogens is 13. The number of ether oxygens (including phenoxy) is 4. The zero-order chi connectivity index (χ0) is 39.5. The third-order valence-electron chi connectivity index (χ3n) is 8.87. The maximum atomic E-state index is 15.4. The van der Waals surface area contributed by atoms with Gasteiger partial charge in [-0.1, -0.05) is 54.6 Å². The zero-order valence-corrected chi connectivity index (χ0v) is 27.4. The van der Waals surface area contributed by atoms with Crippen LogP contribution in [0.2, 0.25) is 0 Å². The van der Waals surface area contributed by atoms with E-state index in [0.29, 0.717) is 17.9 Å². The Morgan fingerprint density at radius 2 is 1.23 bits per heavy atom. The van der Waals surface area contributed by atoms with Crippen molar-refractivity contribution in [1.29, 1.82) is 0 Å². The average Bonchev–Trinajstić information content (AvgIpc) is 3.67. The van der Waals surface area contributed by atoms with Crippen LogP contribution in [0, 0.1) is 29.6 Å². The molecule has 1 aliphatic heterocycles. The summed E-state index contributed by atoms with van der Waals surface area (Å²) in [5.74, 6) is -48.6. The molecule has 52 heavy (non-hydrogen) atoms. The van der Waals surface area contributed by atoms with E-state index in [1.54, 1.807) is 36.4 Å². The van der Waals surface area contributed by atoms with Gasteiger partial charge in [-0.15, -0.1) is 0 Å². The van der Waals surface area contributed by atoms with E-state index < -0.39 is 102 Å². The summed E-state index contributed by atoms with van der Waals surface area (Å²) in [5, 5.41) is 0. The van der Waals surface area contributed by atoms with E-state index >= 15 is 8.78 Å². The van der Waals surface area contributed by atoms with E-state index in [0.717, 1.165) is 26.4 Å². The van der Waals surface area contributed by atoms with Crippen molar-refractivity contribution in [3.63, 3.8) is 0 Å². The quantitative estimate of drug-likeness (QED) is 0.0818. The van der Waals surface area contributed by atoms with Crippen LogP contribution in [0.15, 0.2) is 60.9 Å². The molecule has 3 rings (SSSR count). The van der Waals surface area contributed by atoms with Crippen molar-refractivity contribution in [3.8, 4) is 0 Å². The first-order valence-electron chi connectivity index (χ1n) is 15.4. The predicted octanol–water partition coefficient (Wildman–Crippen LogP) is 8.53. The van der Waals surface area contributed by atoms with Crippen LogP contribution in [-0.4, -0.2) is 80.8 Å². The van der Waals surface area contributed by atoms with E-state index in [9.17, 15) is 57.9 Å². The molecule has 0 N–H and O–H groups in total.